The first-order valence-electron chi connectivity index (χ1n) is 10.7. The van der Waals surface area contributed by atoms with Crippen molar-refractivity contribution in [3.05, 3.63) is 95.0 Å². The Morgan fingerprint density at radius 2 is 1.65 bits per heavy atom. The van der Waals surface area contributed by atoms with Crippen LogP contribution in [0.4, 0.5) is 5.69 Å². The number of rotatable bonds is 7. The number of para-hydroxylation sites is 1. The molecule has 4 rings (SSSR count). The number of carbonyl (C=O) groups excluding carboxylic acids is 2. The van der Waals surface area contributed by atoms with Gasteiger partial charge in [-0.25, -0.2) is 8.42 Å². The van der Waals surface area contributed by atoms with Crippen molar-refractivity contribution in [3.8, 4) is 0 Å². The van der Waals surface area contributed by atoms with Gasteiger partial charge in [-0.3, -0.25) is 9.59 Å². The molecule has 0 saturated carbocycles. The molecular formula is C25H23ClN2O5S. The third-order valence-electron chi connectivity index (χ3n) is 5.59. The van der Waals surface area contributed by atoms with E-state index in [1.165, 1.54) is 16.4 Å². The van der Waals surface area contributed by atoms with Crippen molar-refractivity contribution in [2.24, 2.45) is 0 Å². The smallest absolute Gasteiger partial charge is 0.308 e. The molecule has 1 unspecified atom stereocenters. The summed E-state index contributed by atoms with van der Waals surface area (Å²) >= 11 is 6.03. The molecule has 1 N–H and O–H groups in total. The molecule has 0 aromatic heterocycles. The zero-order valence-electron chi connectivity index (χ0n) is 18.2. The van der Waals surface area contributed by atoms with Crippen molar-refractivity contribution < 1.29 is 22.7 Å². The molecule has 0 spiro atoms. The van der Waals surface area contributed by atoms with Crippen molar-refractivity contribution in [2.75, 3.05) is 18.5 Å². The number of esters is 1. The number of benzene rings is 3. The number of ether oxygens (including phenoxy) is 1. The van der Waals surface area contributed by atoms with Gasteiger partial charge in [-0.15, -0.1) is 0 Å². The zero-order chi connectivity index (χ0) is 24.1. The molecule has 1 heterocycles. The number of nitrogens with zero attached hydrogens (tertiary/aromatic N) is 1. The summed E-state index contributed by atoms with van der Waals surface area (Å²) in [5, 5.41) is 2.95. The molecule has 1 amide bonds. The van der Waals surface area contributed by atoms with E-state index < -0.39 is 34.5 Å². The standard InChI is InChI=1S/C25H23ClN2O5S/c26-21-12-6-7-13-22(21)27-24(29)17-33-25(30)16-23-20-11-5-4-8-18(20)14-15-28(23)34(31,32)19-9-2-1-3-10-19/h1-13,23H,14-17H2,(H,27,29). The second-order valence-electron chi connectivity index (χ2n) is 7.79. The van der Waals surface area contributed by atoms with Crippen LogP contribution in [0.3, 0.4) is 0 Å². The summed E-state index contributed by atoms with van der Waals surface area (Å²) in [6.45, 7) is -0.275. The number of anilines is 1. The van der Waals surface area contributed by atoms with Gasteiger partial charge >= 0.3 is 5.97 Å². The lowest BCUT2D eigenvalue weighted by atomic mass is 9.92. The highest BCUT2D eigenvalue weighted by Gasteiger charge is 2.37. The van der Waals surface area contributed by atoms with Gasteiger partial charge in [-0.05, 0) is 41.8 Å². The second-order valence-corrected chi connectivity index (χ2v) is 10.1. The van der Waals surface area contributed by atoms with Gasteiger partial charge in [0, 0.05) is 6.54 Å². The number of sulfonamides is 1. The first-order valence-corrected chi connectivity index (χ1v) is 12.5. The fourth-order valence-electron chi connectivity index (χ4n) is 3.97. The Bertz CT molecular complexity index is 1300. The topological polar surface area (TPSA) is 92.8 Å². The van der Waals surface area contributed by atoms with Gasteiger partial charge in [-0.1, -0.05) is 66.2 Å². The molecule has 0 fully saturated rings. The van der Waals surface area contributed by atoms with E-state index in [1.807, 2.05) is 24.3 Å². The molecule has 176 valence electrons. The second kappa shape index (κ2) is 10.4. The summed E-state index contributed by atoms with van der Waals surface area (Å²) in [4.78, 5) is 25.1. The summed E-state index contributed by atoms with van der Waals surface area (Å²) in [5.74, 6) is -1.22. The van der Waals surface area contributed by atoms with Crippen LogP contribution in [0.15, 0.2) is 83.8 Å². The van der Waals surface area contributed by atoms with Gasteiger partial charge in [0.1, 0.15) is 0 Å². The summed E-state index contributed by atoms with van der Waals surface area (Å²) in [7, 11) is -3.84. The highest BCUT2D eigenvalue weighted by atomic mass is 35.5. The van der Waals surface area contributed by atoms with E-state index in [9.17, 15) is 18.0 Å². The van der Waals surface area contributed by atoms with Crippen LogP contribution in [0, 0.1) is 0 Å². The van der Waals surface area contributed by atoms with E-state index in [-0.39, 0.29) is 17.9 Å². The highest BCUT2D eigenvalue weighted by molar-refractivity contribution is 7.89. The van der Waals surface area contributed by atoms with Gasteiger partial charge in [0.25, 0.3) is 5.91 Å². The van der Waals surface area contributed by atoms with Crippen LogP contribution in [0.1, 0.15) is 23.6 Å². The molecule has 9 heteroatoms. The number of hydrogen-bond acceptors (Lipinski definition) is 5. The van der Waals surface area contributed by atoms with Crippen molar-refractivity contribution in [1.29, 1.82) is 0 Å². The average molecular weight is 499 g/mol. The molecule has 7 nitrogen and oxygen atoms in total. The first kappa shape index (κ1) is 23.9. The lowest BCUT2D eigenvalue weighted by molar-refractivity contribution is -0.148. The predicted octanol–water partition coefficient (Wildman–Crippen LogP) is 4.20. The van der Waals surface area contributed by atoms with Crippen LogP contribution in [-0.4, -0.2) is 37.8 Å². The normalized spacial score (nSPS) is 15.9. The predicted molar refractivity (Wildman–Crippen MR) is 129 cm³/mol. The van der Waals surface area contributed by atoms with Crippen LogP contribution >= 0.6 is 11.6 Å². The number of halogens is 1. The largest absolute Gasteiger partial charge is 0.456 e. The Morgan fingerprint density at radius 3 is 2.41 bits per heavy atom. The number of hydrogen-bond donors (Lipinski definition) is 1. The van der Waals surface area contributed by atoms with Crippen molar-refractivity contribution >= 4 is 39.2 Å². The Hall–Kier alpha value is -3.20. The molecule has 0 bridgehead atoms. The van der Waals surface area contributed by atoms with Gasteiger partial charge in [0.2, 0.25) is 10.0 Å². The van der Waals surface area contributed by atoms with Crippen LogP contribution in [0.5, 0.6) is 0 Å². The maximum absolute atomic E-state index is 13.4. The Balaban J connectivity index is 1.49. The third-order valence-corrected chi connectivity index (χ3v) is 7.84. The van der Waals surface area contributed by atoms with E-state index in [2.05, 4.69) is 5.32 Å². The van der Waals surface area contributed by atoms with Crippen LogP contribution in [-0.2, 0) is 30.8 Å². The quantitative estimate of drug-likeness (QED) is 0.493. The molecule has 1 atom stereocenters. The van der Waals surface area contributed by atoms with Gasteiger partial charge in [0.05, 0.1) is 28.1 Å². The highest BCUT2D eigenvalue weighted by Crippen LogP contribution is 2.36. The van der Waals surface area contributed by atoms with E-state index >= 15 is 0 Å². The van der Waals surface area contributed by atoms with Crippen LogP contribution < -0.4 is 5.32 Å². The molecule has 34 heavy (non-hydrogen) atoms. The Morgan fingerprint density at radius 1 is 0.971 bits per heavy atom. The van der Waals surface area contributed by atoms with Gasteiger partial charge in [0.15, 0.2) is 6.61 Å². The fraction of sp³-hybridized carbons (Fsp3) is 0.200. The minimum atomic E-state index is -3.84. The third kappa shape index (κ3) is 5.30. The van der Waals surface area contributed by atoms with Crippen LogP contribution in [0.2, 0.25) is 5.02 Å². The van der Waals surface area contributed by atoms with Gasteiger partial charge < -0.3 is 10.1 Å². The lowest BCUT2D eigenvalue weighted by Gasteiger charge is -2.36. The molecule has 3 aromatic rings. The maximum Gasteiger partial charge on any atom is 0.308 e. The molecular weight excluding hydrogens is 476 g/mol. The van der Waals surface area contributed by atoms with Crippen LogP contribution in [0.25, 0.3) is 0 Å². The Labute approximate surface area is 203 Å². The molecule has 0 aliphatic carbocycles. The summed E-state index contributed by atoms with van der Waals surface area (Å²) in [5.41, 5.74) is 2.15. The number of carbonyl (C=O) groups is 2. The number of nitrogens with one attached hydrogen (secondary N) is 1. The molecule has 0 saturated heterocycles. The van der Waals surface area contributed by atoms with E-state index in [1.54, 1.807) is 42.5 Å². The zero-order valence-corrected chi connectivity index (χ0v) is 19.8. The van der Waals surface area contributed by atoms with Crippen molar-refractivity contribution in [1.82, 2.24) is 4.31 Å². The summed E-state index contributed by atoms with van der Waals surface area (Å²) in [6.07, 6.45) is 0.316. The lowest BCUT2D eigenvalue weighted by Crippen LogP contribution is -2.41. The monoisotopic (exact) mass is 498 g/mol. The molecule has 1 aliphatic heterocycles. The first-order chi connectivity index (χ1) is 16.4. The fourth-order valence-corrected chi connectivity index (χ4v) is 5.78. The SMILES string of the molecule is O=C(COC(=O)CC1c2ccccc2CCN1S(=O)(=O)c1ccccc1)Nc1ccccc1Cl. The van der Waals surface area contributed by atoms with Crippen molar-refractivity contribution in [2.45, 2.75) is 23.8 Å². The molecule has 1 aliphatic rings. The minimum absolute atomic E-state index is 0.159. The maximum atomic E-state index is 13.4. The molecule has 0 radical (unpaired) electrons. The van der Waals surface area contributed by atoms with Gasteiger partial charge in [-0.2, -0.15) is 4.31 Å². The average Bonchev–Trinajstić information content (AvgIpc) is 2.85. The number of amides is 1. The van der Waals surface area contributed by atoms with Crippen molar-refractivity contribution in [3.63, 3.8) is 0 Å². The summed E-state index contributed by atoms with van der Waals surface area (Å²) in [6, 6.07) is 21.5. The molecule has 3 aromatic carbocycles. The number of fused-ring (bicyclic) bond motifs is 1. The van der Waals surface area contributed by atoms with E-state index in [0.717, 1.165) is 11.1 Å². The van der Waals surface area contributed by atoms with E-state index in [0.29, 0.717) is 17.1 Å². The van der Waals surface area contributed by atoms with E-state index in [4.69, 9.17) is 16.3 Å². The minimum Gasteiger partial charge on any atom is -0.456 e. The Kier molecular flexibility index (Phi) is 7.31. The summed E-state index contributed by atoms with van der Waals surface area (Å²) < 4.78 is 33.3.